The Morgan fingerprint density at radius 3 is 2.00 bits per heavy atom. The van der Waals surface area contributed by atoms with Crippen LogP contribution in [0.2, 0.25) is 0 Å². The largest absolute Gasteiger partial charge is 0.315 e. The molecule has 0 aliphatic heterocycles. The first kappa shape index (κ1) is 16.9. The predicted octanol–water partition coefficient (Wildman–Crippen LogP) is 3.38. The Kier molecular flexibility index (Phi) is 9.85. The van der Waals surface area contributed by atoms with E-state index in [1.807, 2.05) is 0 Å². The number of hydrogen-bond acceptors (Lipinski definition) is 2. The van der Waals surface area contributed by atoms with E-state index in [1.54, 1.807) is 0 Å². The molecule has 0 spiro atoms. The Labute approximate surface area is 109 Å². The molecule has 104 valence electrons. The van der Waals surface area contributed by atoms with Crippen molar-refractivity contribution in [2.45, 2.75) is 60.4 Å². The van der Waals surface area contributed by atoms with Crippen LogP contribution in [0.5, 0.6) is 0 Å². The monoisotopic (exact) mass is 242 g/mol. The molecule has 0 aliphatic rings. The molecule has 0 aromatic heterocycles. The molecule has 0 saturated carbocycles. The van der Waals surface area contributed by atoms with E-state index >= 15 is 0 Å². The van der Waals surface area contributed by atoms with Crippen LogP contribution in [0.3, 0.4) is 0 Å². The van der Waals surface area contributed by atoms with Crippen LogP contribution in [0.1, 0.15) is 54.4 Å². The summed E-state index contributed by atoms with van der Waals surface area (Å²) < 4.78 is 0. The third-order valence-corrected chi connectivity index (χ3v) is 3.04. The van der Waals surface area contributed by atoms with Crippen molar-refractivity contribution in [2.75, 3.05) is 26.2 Å². The van der Waals surface area contributed by atoms with E-state index in [0.717, 1.165) is 18.4 Å². The van der Waals surface area contributed by atoms with Crippen molar-refractivity contribution >= 4 is 0 Å². The normalized spacial score (nSPS) is 12.4. The molecular weight excluding hydrogens is 208 g/mol. The highest BCUT2D eigenvalue weighted by molar-refractivity contribution is 4.66. The van der Waals surface area contributed by atoms with Gasteiger partial charge in [-0.15, -0.1) is 0 Å². The van der Waals surface area contributed by atoms with Gasteiger partial charge in [0.05, 0.1) is 0 Å². The molecule has 0 bridgehead atoms. The van der Waals surface area contributed by atoms with E-state index in [0.29, 0.717) is 6.04 Å². The molecule has 0 radical (unpaired) electrons. The molecule has 0 saturated heterocycles. The first-order valence-electron chi connectivity index (χ1n) is 7.38. The summed E-state index contributed by atoms with van der Waals surface area (Å²) in [5, 5.41) is 3.56. The zero-order chi connectivity index (χ0) is 13.3. The summed E-state index contributed by atoms with van der Waals surface area (Å²) in [6.07, 6.45) is 2.65. The van der Waals surface area contributed by atoms with Crippen LogP contribution >= 0.6 is 0 Å². The summed E-state index contributed by atoms with van der Waals surface area (Å²) in [6, 6.07) is 0.662. The van der Waals surface area contributed by atoms with Crippen LogP contribution in [0.15, 0.2) is 0 Å². The van der Waals surface area contributed by atoms with Crippen molar-refractivity contribution in [3.05, 3.63) is 0 Å². The third kappa shape index (κ3) is 10.8. The molecule has 17 heavy (non-hydrogen) atoms. The van der Waals surface area contributed by atoms with Crippen LogP contribution in [0, 0.1) is 11.8 Å². The molecule has 0 aromatic rings. The molecule has 0 atom stereocenters. The van der Waals surface area contributed by atoms with E-state index in [2.05, 4.69) is 51.8 Å². The number of nitrogens with one attached hydrogen (secondary N) is 1. The minimum Gasteiger partial charge on any atom is -0.315 e. The molecule has 0 unspecified atom stereocenters. The Balaban J connectivity index is 3.54. The maximum Gasteiger partial charge on any atom is 0.0110 e. The Bertz CT molecular complexity index is 164. The lowest BCUT2D eigenvalue weighted by Crippen LogP contribution is -2.39. The Morgan fingerprint density at radius 2 is 1.53 bits per heavy atom. The molecule has 0 aliphatic carbocycles. The SMILES string of the molecule is CC(C)CCCNCCN(CC(C)C)C(C)C. The van der Waals surface area contributed by atoms with Crippen molar-refractivity contribution < 1.29 is 0 Å². The molecule has 2 heteroatoms. The molecule has 2 nitrogen and oxygen atoms in total. The van der Waals surface area contributed by atoms with Crippen molar-refractivity contribution in [2.24, 2.45) is 11.8 Å². The first-order chi connectivity index (χ1) is 7.93. The highest BCUT2D eigenvalue weighted by Crippen LogP contribution is 2.04. The van der Waals surface area contributed by atoms with Gasteiger partial charge in [0.25, 0.3) is 0 Å². The second-order valence-corrected chi connectivity index (χ2v) is 6.27. The van der Waals surface area contributed by atoms with E-state index < -0.39 is 0 Å². The number of hydrogen-bond donors (Lipinski definition) is 1. The average Bonchev–Trinajstić information content (AvgIpc) is 2.20. The summed E-state index contributed by atoms with van der Waals surface area (Å²) in [4.78, 5) is 2.57. The van der Waals surface area contributed by atoms with Gasteiger partial charge in [-0.3, -0.25) is 4.90 Å². The minimum atomic E-state index is 0.662. The third-order valence-electron chi connectivity index (χ3n) is 3.04. The van der Waals surface area contributed by atoms with Crippen LogP contribution in [0.4, 0.5) is 0 Å². The van der Waals surface area contributed by atoms with Gasteiger partial charge in [-0.2, -0.15) is 0 Å². The zero-order valence-corrected chi connectivity index (χ0v) is 12.9. The molecule has 0 fully saturated rings. The van der Waals surface area contributed by atoms with Crippen molar-refractivity contribution in [3.63, 3.8) is 0 Å². The van der Waals surface area contributed by atoms with Gasteiger partial charge in [0.1, 0.15) is 0 Å². The molecule has 0 amide bonds. The lowest BCUT2D eigenvalue weighted by atomic mass is 10.1. The van der Waals surface area contributed by atoms with E-state index in [1.165, 1.54) is 32.5 Å². The molecule has 0 rings (SSSR count). The number of nitrogens with zero attached hydrogens (tertiary/aromatic N) is 1. The second-order valence-electron chi connectivity index (χ2n) is 6.27. The fourth-order valence-electron chi connectivity index (χ4n) is 2.01. The lowest BCUT2D eigenvalue weighted by Gasteiger charge is -2.28. The minimum absolute atomic E-state index is 0.662. The lowest BCUT2D eigenvalue weighted by molar-refractivity contribution is 0.198. The maximum absolute atomic E-state index is 3.56. The highest BCUT2D eigenvalue weighted by Gasteiger charge is 2.10. The first-order valence-corrected chi connectivity index (χ1v) is 7.38. The fraction of sp³-hybridized carbons (Fsp3) is 1.00. The standard InChI is InChI=1S/C15H34N2/c1-13(2)8-7-9-16-10-11-17(15(5)6)12-14(3)4/h13-16H,7-12H2,1-6H3. The van der Waals surface area contributed by atoms with Crippen LogP contribution in [-0.2, 0) is 0 Å². The maximum atomic E-state index is 3.56. The van der Waals surface area contributed by atoms with Gasteiger partial charge in [0.2, 0.25) is 0 Å². The van der Waals surface area contributed by atoms with Gasteiger partial charge in [0.15, 0.2) is 0 Å². The van der Waals surface area contributed by atoms with E-state index in [9.17, 15) is 0 Å². The predicted molar refractivity (Wildman–Crippen MR) is 78.5 cm³/mol. The highest BCUT2D eigenvalue weighted by atomic mass is 15.2. The van der Waals surface area contributed by atoms with Crippen LogP contribution in [-0.4, -0.2) is 37.1 Å². The molecule has 0 aromatic carbocycles. The zero-order valence-electron chi connectivity index (χ0n) is 12.9. The summed E-state index contributed by atoms with van der Waals surface area (Å²) in [5.41, 5.74) is 0. The van der Waals surface area contributed by atoms with Crippen LogP contribution < -0.4 is 5.32 Å². The van der Waals surface area contributed by atoms with Gasteiger partial charge in [-0.05, 0) is 45.1 Å². The topological polar surface area (TPSA) is 15.3 Å². The summed E-state index contributed by atoms with van der Waals surface area (Å²) in [6.45, 7) is 18.5. The molecular formula is C15H34N2. The summed E-state index contributed by atoms with van der Waals surface area (Å²) >= 11 is 0. The van der Waals surface area contributed by atoms with Gasteiger partial charge < -0.3 is 5.32 Å². The van der Waals surface area contributed by atoms with Gasteiger partial charge in [0, 0.05) is 25.7 Å². The smallest absolute Gasteiger partial charge is 0.0110 e. The quantitative estimate of drug-likeness (QED) is 0.591. The summed E-state index contributed by atoms with van der Waals surface area (Å²) in [7, 11) is 0. The Morgan fingerprint density at radius 1 is 0.882 bits per heavy atom. The number of rotatable bonds is 10. The van der Waals surface area contributed by atoms with E-state index in [4.69, 9.17) is 0 Å². The van der Waals surface area contributed by atoms with Crippen molar-refractivity contribution in [3.8, 4) is 0 Å². The van der Waals surface area contributed by atoms with Crippen molar-refractivity contribution in [1.82, 2.24) is 10.2 Å². The Hall–Kier alpha value is -0.0800. The van der Waals surface area contributed by atoms with Gasteiger partial charge >= 0.3 is 0 Å². The van der Waals surface area contributed by atoms with Crippen LogP contribution in [0.25, 0.3) is 0 Å². The molecule has 1 N–H and O–H groups in total. The van der Waals surface area contributed by atoms with Crippen molar-refractivity contribution in [1.29, 1.82) is 0 Å². The second kappa shape index (κ2) is 9.90. The van der Waals surface area contributed by atoms with Gasteiger partial charge in [-0.25, -0.2) is 0 Å². The average molecular weight is 242 g/mol. The fourth-order valence-corrected chi connectivity index (χ4v) is 2.01. The summed E-state index contributed by atoms with van der Waals surface area (Å²) in [5.74, 6) is 1.60. The molecule has 0 heterocycles. The van der Waals surface area contributed by atoms with Gasteiger partial charge in [-0.1, -0.05) is 27.7 Å². The van der Waals surface area contributed by atoms with E-state index in [-0.39, 0.29) is 0 Å².